The van der Waals surface area contributed by atoms with Gasteiger partial charge in [0.05, 0.1) is 11.3 Å². The number of imide groups is 1. The maximum absolute atomic E-state index is 13.1. The van der Waals surface area contributed by atoms with Crippen molar-refractivity contribution < 1.29 is 19.1 Å². The topological polar surface area (TPSA) is 75.7 Å². The first kappa shape index (κ1) is 25.2. The largest absolute Gasteiger partial charge is 0.422 e. The summed E-state index contributed by atoms with van der Waals surface area (Å²) in [5.41, 5.74) is 4.19. The second-order valence-corrected chi connectivity index (χ2v) is 9.10. The van der Waals surface area contributed by atoms with Crippen LogP contribution in [0.15, 0.2) is 77.5 Å². The van der Waals surface area contributed by atoms with Gasteiger partial charge >= 0.3 is 5.97 Å². The van der Waals surface area contributed by atoms with Gasteiger partial charge in [-0.3, -0.25) is 9.59 Å². The van der Waals surface area contributed by atoms with E-state index >= 15 is 0 Å². The van der Waals surface area contributed by atoms with E-state index in [2.05, 4.69) is 12.2 Å². The smallest absolute Gasteiger partial charge is 0.343 e. The third-order valence-electron chi connectivity index (χ3n) is 6.03. The summed E-state index contributed by atoms with van der Waals surface area (Å²) < 4.78 is 5.58. The predicted molar refractivity (Wildman–Crippen MR) is 141 cm³/mol. The number of hydrogen-bond acceptors (Lipinski definition) is 5. The van der Waals surface area contributed by atoms with Gasteiger partial charge < -0.3 is 10.1 Å². The number of carbonyl (C=O) groups is 3. The SMILES string of the molecule is CCCCc1ccc(N2C(=O)C(Cl)=C(Nc3ccc(C(=O)Oc4c(C)cccc4C)cc3)C2=O)cc1. The molecule has 1 N–H and O–H groups in total. The highest BCUT2D eigenvalue weighted by molar-refractivity contribution is 6.53. The summed E-state index contributed by atoms with van der Waals surface area (Å²) in [5, 5.41) is 2.74. The van der Waals surface area contributed by atoms with Gasteiger partial charge in [-0.2, -0.15) is 0 Å². The molecule has 2 amide bonds. The second-order valence-electron chi connectivity index (χ2n) is 8.72. The number of nitrogens with zero attached hydrogens (tertiary/aromatic N) is 1. The Balaban J connectivity index is 1.46. The number of esters is 1. The molecule has 36 heavy (non-hydrogen) atoms. The molecule has 0 fully saturated rings. The van der Waals surface area contributed by atoms with Crippen LogP contribution in [0.3, 0.4) is 0 Å². The Morgan fingerprint density at radius 1 is 0.917 bits per heavy atom. The molecule has 3 aromatic rings. The Morgan fingerprint density at radius 2 is 1.56 bits per heavy atom. The number of hydrogen-bond donors (Lipinski definition) is 1. The molecule has 1 aliphatic heterocycles. The van der Waals surface area contributed by atoms with E-state index in [0.717, 1.165) is 40.9 Å². The van der Waals surface area contributed by atoms with Crippen LogP contribution < -0.4 is 15.0 Å². The summed E-state index contributed by atoms with van der Waals surface area (Å²) in [6.07, 6.45) is 3.11. The Bertz CT molecular complexity index is 1320. The number of halogens is 1. The normalized spacial score (nSPS) is 13.4. The van der Waals surface area contributed by atoms with Crippen molar-refractivity contribution >= 4 is 40.8 Å². The molecule has 184 valence electrons. The number of benzene rings is 3. The summed E-state index contributed by atoms with van der Waals surface area (Å²) in [5.74, 6) is -1.07. The van der Waals surface area contributed by atoms with Gasteiger partial charge in [0.25, 0.3) is 11.8 Å². The van der Waals surface area contributed by atoms with Gasteiger partial charge in [0.1, 0.15) is 16.5 Å². The number of anilines is 2. The van der Waals surface area contributed by atoms with Gasteiger partial charge in [-0.15, -0.1) is 0 Å². The fourth-order valence-electron chi connectivity index (χ4n) is 3.98. The Labute approximate surface area is 215 Å². The van der Waals surface area contributed by atoms with Gasteiger partial charge in [0, 0.05) is 5.69 Å². The highest BCUT2D eigenvalue weighted by Crippen LogP contribution is 2.31. The second kappa shape index (κ2) is 10.8. The lowest BCUT2D eigenvalue weighted by Gasteiger charge is -2.16. The van der Waals surface area contributed by atoms with Crippen LogP contribution in [0.25, 0.3) is 0 Å². The molecule has 0 atom stereocenters. The fraction of sp³-hybridized carbons (Fsp3) is 0.207. The van der Waals surface area contributed by atoms with E-state index in [1.54, 1.807) is 36.4 Å². The van der Waals surface area contributed by atoms with Crippen molar-refractivity contribution in [2.75, 3.05) is 10.2 Å². The Hall–Kier alpha value is -3.90. The molecular formula is C29H27ClN2O4. The van der Waals surface area contributed by atoms with Gasteiger partial charge in [0.15, 0.2) is 0 Å². The van der Waals surface area contributed by atoms with Crippen LogP contribution in [-0.4, -0.2) is 17.8 Å². The van der Waals surface area contributed by atoms with E-state index < -0.39 is 17.8 Å². The molecule has 1 heterocycles. The minimum atomic E-state index is -0.584. The molecule has 4 rings (SSSR count). The number of aryl methyl sites for hydroxylation is 3. The molecule has 7 heteroatoms. The molecule has 6 nitrogen and oxygen atoms in total. The number of amides is 2. The van der Waals surface area contributed by atoms with Crippen molar-refractivity contribution in [1.82, 2.24) is 0 Å². The summed E-state index contributed by atoms with van der Waals surface area (Å²) in [6.45, 7) is 5.89. The summed E-state index contributed by atoms with van der Waals surface area (Å²) in [4.78, 5) is 39.5. The predicted octanol–water partition coefficient (Wildman–Crippen LogP) is 6.30. The van der Waals surface area contributed by atoms with Gasteiger partial charge in [-0.25, -0.2) is 9.69 Å². The third-order valence-corrected chi connectivity index (χ3v) is 6.38. The van der Waals surface area contributed by atoms with Gasteiger partial charge in [-0.05, 0) is 79.8 Å². The van der Waals surface area contributed by atoms with E-state index in [4.69, 9.17) is 16.3 Å². The van der Waals surface area contributed by atoms with Crippen molar-refractivity contribution in [3.63, 3.8) is 0 Å². The molecule has 0 aliphatic carbocycles. The van der Waals surface area contributed by atoms with Crippen molar-refractivity contribution in [3.05, 3.63) is 99.7 Å². The molecule has 0 saturated heterocycles. The van der Waals surface area contributed by atoms with E-state index in [0.29, 0.717) is 22.7 Å². The van der Waals surface area contributed by atoms with Crippen molar-refractivity contribution in [2.45, 2.75) is 40.0 Å². The summed E-state index contributed by atoms with van der Waals surface area (Å²) in [7, 11) is 0. The highest BCUT2D eigenvalue weighted by Gasteiger charge is 2.38. The Kier molecular flexibility index (Phi) is 7.55. The zero-order chi connectivity index (χ0) is 25.8. The first-order valence-electron chi connectivity index (χ1n) is 11.8. The number of rotatable bonds is 8. The van der Waals surface area contributed by atoms with Crippen LogP contribution >= 0.6 is 11.6 Å². The van der Waals surface area contributed by atoms with Crippen molar-refractivity contribution in [1.29, 1.82) is 0 Å². The summed E-state index contributed by atoms with van der Waals surface area (Å²) >= 11 is 6.25. The van der Waals surface area contributed by atoms with Crippen LogP contribution in [0, 0.1) is 13.8 Å². The van der Waals surface area contributed by atoms with E-state index in [-0.39, 0.29) is 10.7 Å². The molecule has 0 bridgehead atoms. The van der Waals surface area contributed by atoms with Crippen molar-refractivity contribution in [3.8, 4) is 5.75 Å². The molecule has 3 aromatic carbocycles. The quantitative estimate of drug-likeness (QED) is 0.222. The molecule has 0 saturated carbocycles. The first-order valence-corrected chi connectivity index (χ1v) is 12.2. The lowest BCUT2D eigenvalue weighted by atomic mass is 10.1. The van der Waals surface area contributed by atoms with Crippen LogP contribution in [0.2, 0.25) is 0 Å². The van der Waals surface area contributed by atoms with Crippen LogP contribution in [0.1, 0.15) is 46.8 Å². The maximum Gasteiger partial charge on any atom is 0.343 e. The van der Waals surface area contributed by atoms with Gasteiger partial charge in [0.2, 0.25) is 0 Å². The number of carbonyl (C=O) groups excluding carboxylic acids is 3. The lowest BCUT2D eigenvalue weighted by Crippen LogP contribution is -2.32. The van der Waals surface area contributed by atoms with Crippen LogP contribution in [-0.2, 0) is 16.0 Å². The molecule has 1 aliphatic rings. The van der Waals surface area contributed by atoms with E-state index in [1.165, 1.54) is 0 Å². The molecule has 0 spiro atoms. The first-order chi connectivity index (χ1) is 17.3. The minimum Gasteiger partial charge on any atom is -0.422 e. The molecule has 0 aromatic heterocycles. The number of nitrogens with one attached hydrogen (secondary N) is 1. The van der Waals surface area contributed by atoms with E-state index in [1.807, 2.05) is 44.2 Å². The number of para-hydroxylation sites is 1. The maximum atomic E-state index is 13.1. The number of ether oxygens (including phenoxy) is 1. The fourth-order valence-corrected chi connectivity index (χ4v) is 4.20. The summed E-state index contributed by atoms with van der Waals surface area (Å²) in [6, 6.07) is 19.4. The van der Waals surface area contributed by atoms with Crippen molar-refractivity contribution in [2.24, 2.45) is 0 Å². The zero-order valence-corrected chi connectivity index (χ0v) is 21.2. The zero-order valence-electron chi connectivity index (χ0n) is 20.4. The Morgan fingerprint density at radius 3 is 2.17 bits per heavy atom. The van der Waals surface area contributed by atoms with Crippen LogP contribution in [0.4, 0.5) is 11.4 Å². The standard InChI is InChI=1S/C29H27ClN2O4/c1-4-5-9-20-10-16-23(17-11-20)32-27(33)24(30)25(28(32)34)31-22-14-12-21(13-15-22)29(35)36-26-18(2)7-6-8-19(26)3/h6-8,10-17,31H,4-5,9H2,1-3H3. The molecule has 0 unspecified atom stereocenters. The monoisotopic (exact) mass is 502 g/mol. The third kappa shape index (κ3) is 5.19. The minimum absolute atomic E-state index is 0.0115. The number of unbranched alkanes of at least 4 members (excludes halogenated alkanes) is 1. The highest BCUT2D eigenvalue weighted by atomic mass is 35.5. The van der Waals surface area contributed by atoms with E-state index in [9.17, 15) is 14.4 Å². The molecule has 0 radical (unpaired) electrons. The lowest BCUT2D eigenvalue weighted by molar-refractivity contribution is -0.120. The average molecular weight is 503 g/mol. The average Bonchev–Trinajstić information content (AvgIpc) is 3.08. The molecular weight excluding hydrogens is 476 g/mol. The van der Waals surface area contributed by atoms with Crippen LogP contribution in [0.5, 0.6) is 5.75 Å². The van der Waals surface area contributed by atoms with Gasteiger partial charge in [-0.1, -0.05) is 55.3 Å².